The molecule has 0 spiro atoms. The summed E-state index contributed by atoms with van der Waals surface area (Å²) in [5.74, 6) is 0.690. The summed E-state index contributed by atoms with van der Waals surface area (Å²) in [6.45, 7) is 4.92. The number of hydrogen-bond acceptors (Lipinski definition) is 3. The van der Waals surface area contributed by atoms with Crippen molar-refractivity contribution in [3.63, 3.8) is 0 Å². The molecule has 2 aromatic carbocycles. The van der Waals surface area contributed by atoms with Crippen LogP contribution in [0.1, 0.15) is 19.4 Å². The van der Waals surface area contributed by atoms with Crippen molar-refractivity contribution < 1.29 is 23.6 Å². The number of rotatable bonds is 8. The molecule has 0 aromatic heterocycles. The zero-order chi connectivity index (χ0) is 19.1. The molecular weight excluding hydrogens is 335 g/mol. The molecule has 0 bridgehead atoms. The first-order valence-electron chi connectivity index (χ1n) is 8.63. The quantitative estimate of drug-likeness (QED) is 0.758. The van der Waals surface area contributed by atoms with Crippen LogP contribution in [-0.4, -0.2) is 32.7 Å². The van der Waals surface area contributed by atoms with Gasteiger partial charge in [0.15, 0.2) is 17.5 Å². The number of anilines is 1. The summed E-state index contributed by atoms with van der Waals surface area (Å²) in [4.78, 5) is 13.4. The number of carbonyl (C=O) groups is 1. The molecule has 2 N–H and O–H groups in total. The third-order valence-electron chi connectivity index (χ3n) is 4.28. The van der Waals surface area contributed by atoms with E-state index in [2.05, 4.69) is 5.32 Å². The van der Waals surface area contributed by atoms with Gasteiger partial charge in [0.05, 0.1) is 26.5 Å². The predicted molar refractivity (Wildman–Crippen MR) is 99.2 cm³/mol. The van der Waals surface area contributed by atoms with E-state index in [1.165, 1.54) is 6.07 Å². The molecule has 6 heteroatoms. The van der Waals surface area contributed by atoms with E-state index in [-0.39, 0.29) is 17.6 Å². The van der Waals surface area contributed by atoms with E-state index in [1.54, 1.807) is 25.3 Å². The molecule has 2 rings (SSSR count). The standard InChI is InChI=1S/C20H25FN2O3/c1-5-26-18-11-10-15(12-19(18)25-4)13-23(3)14(2)20(24)22-17-9-7-6-8-16(17)21/h6-12,14H,5,13H2,1-4H3,(H,22,24)/p+1/t14-/m1/s1. The molecule has 5 nitrogen and oxygen atoms in total. The molecule has 0 aliphatic rings. The van der Waals surface area contributed by atoms with Crippen molar-refractivity contribution in [3.8, 4) is 11.5 Å². The summed E-state index contributed by atoms with van der Waals surface area (Å²) in [7, 11) is 3.53. The number of hydrogen-bond donors (Lipinski definition) is 2. The number of para-hydroxylation sites is 1. The highest BCUT2D eigenvalue weighted by molar-refractivity contribution is 5.93. The van der Waals surface area contributed by atoms with Crippen LogP contribution in [-0.2, 0) is 11.3 Å². The van der Waals surface area contributed by atoms with Gasteiger partial charge < -0.3 is 19.7 Å². The molecule has 0 radical (unpaired) electrons. The second kappa shape index (κ2) is 9.20. The Morgan fingerprint density at radius 1 is 1.23 bits per heavy atom. The summed E-state index contributed by atoms with van der Waals surface area (Å²) in [6, 6.07) is 11.5. The van der Waals surface area contributed by atoms with Crippen molar-refractivity contribution in [2.45, 2.75) is 26.4 Å². The lowest BCUT2D eigenvalue weighted by Crippen LogP contribution is -3.12. The minimum atomic E-state index is -0.443. The molecule has 0 aliphatic carbocycles. The van der Waals surface area contributed by atoms with Crippen molar-refractivity contribution in [2.75, 3.05) is 26.1 Å². The molecule has 0 saturated carbocycles. The first-order chi connectivity index (χ1) is 12.5. The number of nitrogens with one attached hydrogen (secondary N) is 2. The van der Waals surface area contributed by atoms with E-state index < -0.39 is 5.82 Å². The van der Waals surface area contributed by atoms with E-state index >= 15 is 0 Å². The van der Waals surface area contributed by atoms with E-state index in [1.807, 2.05) is 39.1 Å². The molecular formula is C20H26FN2O3+. The smallest absolute Gasteiger partial charge is 0.282 e. The zero-order valence-corrected chi connectivity index (χ0v) is 15.6. The highest BCUT2D eigenvalue weighted by Gasteiger charge is 2.23. The predicted octanol–water partition coefficient (Wildman–Crippen LogP) is 2.27. The van der Waals surface area contributed by atoms with Gasteiger partial charge in [-0.1, -0.05) is 12.1 Å². The summed E-state index contributed by atoms with van der Waals surface area (Å²) in [6.07, 6.45) is 0. The molecule has 26 heavy (non-hydrogen) atoms. The summed E-state index contributed by atoms with van der Waals surface area (Å²) >= 11 is 0. The van der Waals surface area contributed by atoms with Crippen LogP contribution in [0.4, 0.5) is 10.1 Å². The van der Waals surface area contributed by atoms with Crippen LogP contribution in [0, 0.1) is 5.82 Å². The van der Waals surface area contributed by atoms with Crippen LogP contribution in [0.25, 0.3) is 0 Å². The number of likely N-dealkylation sites (N-methyl/N-ethyl adjacent to an activating group) is 1. The van der Waals surface area contributed by atoms with Gasteiger partial charge in [-0.15, -0.1) is 0 Å². The molecule has 0 aliphatic heterocycles. The molecule has 0 heterocycles. The topological polar surface area (TPSA) is 52.0 Å². The second-order valence-electron chi connectivity index (χ2n) is 6.13. The van der Waals surface area contributed by atoms with Gasteiger partial charge in [-0.2, -0.15) is 0 Å². The van der Waals surface area contributed by atoms with Crippen LogP contribution >= 0.6 is 0 Å². The van der Waals surface area contributed by atoms with Gasteiger partial charge >= 0.3 is 0 Å². The van der Waals surface area contributed by atoms with Gasteiger partial charge in [-0.05, 0) is 44.2 Å². The Kier molecular flexibility index (Phi) is 6.97. The highest BCUT2D eigenvalue weighted by Crippen LogP contribution is 2.27. The summed E-state index contributed by atoms with van der Waals surface area (Å²) in [5, 5.41) is 2.65. The Bertz CT molecular complexity index is 752. The van der Waals surface area contributed by atoms with Gasteiger partial charge in [0.2, 0.25) is 0 Å². The van der Waals surface area contributed by atoms with E-state index in [9.17, 15) is 9.18 Å². The summed E-state index contributed by atoms with van der Waals surface area (Å²) in [5.41, 5.74) is 1.22. The van der Waals surface area contributed by atoms with Gasteiger partial charge in [-0.25, -0.2) is 4.39 Å². The van der Waals surface area contributed by atoms with Gasteiger partial charge in [0.25, 0.3) is 5.91 Å². The maximum atomic E-state index is 13.7. The van der Waals surface area contributed by atoms with Crippen molar-refractivity contribution in [3.05, 3.63) is 53.8 Å². The maximum absolute atomic E-state index is 13.7. The van der Waals surface area contributed by atoms with Crippen LogP contribution < -0.4 is 19.7 Å². The number of methoxy groups -OCH3 is 1. The third-order valence-corrected chi connectivity index (χ3v) is 4.28. The fraction of sp³-hybridized carbons (Fsp3) is 0.350. The minimum absolute atomic E-state index is 0.194. The third kappa shape index (κ3) is 4.95. The fourth-order valence-corrected chi connectivity index (χ4v) is 2.60. The van der Waals surface area contributed by atoms with Crippen LogP contribution in [0.5, 0.6) is 11.5 Å². The van der Waals surface area contributed by atoms with Crippen LogP contribution in [0.2, 0.25) is 0 Å². The fourth-order valence-electron chi connectivity index (χ4n) is 2.60. The van der Waals surface area contributed by atoms with Gasteiger partial charge in [0.1, 0.15) is 12.4 Å². The summed E-state index contributed by atoms with van der Waals surface area (Å²) < 4.78 is 24.6. The van der Waals surface area contributed by atoms with Crippen molar-refractivity contribution in [2.24, 2.45) is 0 Å². The molecule has 1 amide bonds. The van der Waals surface area contributed by atoms with Crippen molar-refractivity contribution in [1.82, 2.24) is 0 Å². The Hall–Kier alpha value is -2.60. The van der Waals surface area contributed by atoms with E-state index in [0.29, 0.717) is 24.7 Å². The lowest BCUT2D eigenvalue weighted by atomic mass is 10.1. The molecule has 140 valence electrons. The zero-order valence-electron chi connectivity index (χ0n) is 15.6. The average Bonchev–Trinajstić information content (AvgIpc) is 2.64. The Balaban J connectivity index is 2.03. The monoisotopic (exact) mass is 361 g/mol. The molecule has 2 aromatic rings. The van der Waals surface area contributed by atoms with Crippen molar-refractivity contribution >= 4 is 11.6 Å². The SMILES string of the molecule is CCOc1ccc(C[NH+](C)[C@H](C)C(=O)Nc2ccccc2F)cc1OC. The lowest BCUT2D eigenvalue weighted by Gasteiger charge is -2.21. The van der Waals surface area contributed by atoms with Crippen LogP contribution in [0.3, 0.4) is 0 Å². The average molecular weight is 361 g/mol. The van der Waals surface area contributed by atoms with E-state index in [0.717, 1.165) is 10.5 Å². The lowest BCUT2D eigenvalue weighted by molar-refractivity contribution is -0.907. The largest absolute Gasteiger partial charge is 0.493 e. The molecule has 1 unspecified atom stereocenters. The van der Waals surface area contributed by atoms with E-state index in [4.69, 9.17) is 9.47 Å². The Morgan fingerprint density at radius 2 is 1.96 bits per heavy atom. The number of carbonyl (C=O) groups excluding carboxylic acids is 1. The number of benzene rings is 2. The first-order valence-corrected chi connectivity index (χ1v) is 8.63. The van der Waals surface area contributed by atoms with Crippen LogP contribution in [0.15, 0.2) is 42.5 Å². The molecule has 0 saturated heterocycles. The first kappa shape index (κ1) is 19.7. The number of quaternary nitrogens is 1. The van der Waals surface area contributed by atoms with Crippen molar-refractivity contribution in [1.29, 1.82) is 0 Å². The molecule has 2 atom stereocenters. The maximum Gasteiger partial charge on any atom is 0.282 e. The van der Waals surface area contributed by atoms with Gasteiger partial charge in [-0.3, -0.25) is 4.79 Å². The molecule has 0 fully saturated rings. The minimum Gasteiger partial charge on any atom is -0.493 e. The Morgan fingerprint density at radius 3 is 2.62 bits per heavy atom. The van der Waals surface area contributed by atoms with Gasteiger partial charge in [0, 0.05) is 5.56 Å². The Labute approximate surface area is 153 Å². The number of amides is 1. The normalized spacial score (nSPS) is 13.0. The second-order valence-corrected chi connectivity index (χ2v) is 6.13. The number of halogens is 1. The number of ether oxygens (including phenoxy) is 2. The highest BCUT2D eigenvalue weighted by atomic mass is 19.1.